The number of hydrogen-bond acceptors (Lipinski definition) is 4. The molecule has 0 aliphatic carbocycles. The summed E-state index contributed by atoms with van der Waals surface area (Å²) < 4.78 is 2.53. The van der Waals surface area contributed by atoms with Crippen molar-refractivity contribution in [2.24, 2.45) is 0 Å². The molecule has 0 N–H and O–H groups in total. The SMILES string of the molecule is c1ccc(-c2cc(-c3cccc4c3sc3ccccc34)nc(-c3cccc(-c4cccnc4)c3)n2)cc1. The van der Waals surface area contributed by atoms with E-state index < -0.39 is 0 Å². The molecule has 4 heteroatoms. The smallest absolute Gasteiger partial charge is 0.160 e. The average Bonchev–Trinajstić information content (AvgIpc) is 3.37. The highest BCUT2D eigenvalue weighted by Gasteiger charge is 2.15. The van der Waals surface area contributed by atoms with Crippen LogP contribution in [-0.4, -0.2) is 15.0 Å². The van der Waals surface area contributed by atoms with Crippen LogP contribution in [0.15, 0.2) is 128 Å². The fraction of sp³-hybridized carbons (Fsp3) is 0. The van der Waals surface area contributed by atoms with Crippen molar-refractivity contribution in [2.45, 2.75) is 0 Å². The topological polar surface area (TPSA) is 38.7 Å². The predicted octanol–water partition coefficient (Wildman–Crippen LogP) is 8.91. The molecule has 37 heavy (non-hydrogen) atoms. The zero-order chi connectivity index (χ0) is 24.6. The van der Waals surface area contributed by atoms with Gasteiger partial charge in [-0.25, -0.2) is 9.97 Å². The largest absolute Gasteiger partial charge is 0.264 e. The van der Waals surface area contributed by atoms with Crippen LogP contribution in [0.25, 0.3) is 65.2 Å². The van der Waals surface area contributed by atoms with Crippen LogP contribution in [0.3, 0.4) is 0 Å². The molecule has 0 unspecified atom stereocenters. The third-order valence-corrected chi connectivity index (χ3v) is 7.81. The van der Waals surface area contributed by atoms with E-state index in [1.54, 1.807) is 6.20 Å². The number of thiophene rings is 1. The first kappa shape index (κ1) is 21.6. The van der Waals surface area contributed by atoms with Gasteiger partial charge in [0.05, 0.1) is 11.4 Å². The lowest BCUT2D eigenvalue weighted by Crippen LogP contribution is -1.96. The average molecular weight is 492 g/mol. The van der Waals surface area contributed by atoms with Crippen LogP contribution in [-0.2, 0) is 0 Å². The first-order valence-electron chi connectivity index (χ1n) is 12.2. The van der Waals surface area contributed by atoms with E-state index in [4.69, 9.17) is 9.97 Å². The Kier molecular flexibility index (Phi) is 5.30. The first-order valence-corrected chi connectivity index (χ1v) is 13.0. The van der Waals surface area contributed by atoms with Gasteiger partial charge in [0.2, 0.25) is 0 Å². The maximum Gasteiger partial charge on any atom is 0.160 e. The molecule has 7 rings (SSSR count). The summed E-state index contributed by atoms with van der Waals surface area (Å²) in [6.07, 6.45) is 3.68. The Balaban J connectivity index is 1.45. The van der Waals surface area contributed by atoms with Crippen molar-refractivity contribution in [3.05, 3.63) is 128 Å². The highest BCUT2D eigenvalue weighted by Crippen LogP contribution is 2.40. The first-order chi connectivity index (χ1) is 18.3. The number of benzene rings is 4. The fourth-order valence-corrected chi connectivity index (χ4v) is 6.02. The van der Waals surface area contributed by atoms with E-state index in [2.05, 4.69) is 96.0 Å². The van der Waals surface area contributed by atoms with E-state index in [9.17, 15) is 0 Å². The van der Waals surface area contributed by atoms with Crippen LogP contribution in [0.5, 0.6) is 0 Å². The number of fused-ring (bicyclic) bond motifs is 3. The van der Waals surface area contributed by atoms with Gasteiger partial charge in [0.25, 0.3) is 0 Å². The minimum absolute atomic E-state index is 0.709. The van der Waals surface area contributed by atoms with Gasteiger partial charge in [-0.1, -0.05) is 91.0 Å². The van der Waals surface area contributed by atoms with Gasteiger partial charge >= 0.3 is 0 Å². The Morgan fingerprint density at radius 3 is 2.14 bits per heavy atom. The zero-order valence-electron chi connectivity index (χ0n) is 19.9. The molecule has 0 bridgehead atoms. The van der Waals surface area contributed by atoms with Crippen molar-refractivity contribution in [3.63, 3.8) is 0 Å². The van der Waals surface area contributed by atoms with E-state index in [0.29, 0.717) is 5.82 Å². The van der Waals surface area contributed by atoms with E-state index in [0.717, 1.165) is 39.2 Å². The molecule has 0 atom stereocenters. The third kappa shape index (κ3) is 3.98. The van der Waals surface area contributed by atoms with Gasteiger partial charge in [0, 0.05) is 54.8 Å². The molecule has 0 saturated heterocycles. The molecular formula is C33H21N3S. The zero-order valence-corrected chi connectivity index (χ0v) is 20.7. The molecule has 4 aromatic carbocycles. The van der Waals surface area contributed by atoms with E-state index >= 15 is 0 Å². The van der Waals surface area contributed by atoms with Crippen LogP contribution >= 0.6 is 11.3 Å². The molecule has 174 valence electrons. The Morgan fingerprint density at radius 2 is 1.24 bits per heavy atom. The van der Waals surface area contributed by atoms with Gasteiger partial charge in [0.15, 0.2) is 5.82 Å². The Labute approximate surface area is 218 Å². The van der Waals surface area contributed by atoms with Gasteiger partial charge in [-0.2, -0.15) is 0 Å². The maximum atomic E-state index is 5.13. The summed E-state index contributed by atoms with van der Waals surface area (Å²) in [4.78, 5) is 14.5. The highest BCUT2D eigenvalue weighted by atomic mass is 32.1. The van der Waals surface area contributed by atoms with Gasteiger partial charge in [-0.3, -0.25) is 4.98 Å². The van der Waals surface area contributed by atoms with Crippen molar-refractivity contribution < 1.29 is 0 Å². The minimum atomic E-state index is 0.709. The fourth-order valence-electron chi connectivity index (χ4n) is 4.79. The van der Waals surface area contributed by atoms with E-state index in [1.165, 1.54) is 20.2 Å². The lowest BCUT2D eigenvalue weighted by atomic mass is 10.0. The van der Waals surface area contributed by atoms with E-state index in [-0.39, 0.29) is 0 Å². The van der Waals surface area contributed by atoms with Gasteiger partial charge in [0.1, 0.15) is 0 Å². The second-order valence-electron chi connectivity index (χ2n) is 8.93. The van der Waals surface area contributed by atoms with Crippen LogP contribution < -0.4 is 0 Å². The summed E-state index contributed by atoms with van der Waals surface area (Å²) in [6.45, 7) is 0. The minimum Gasteiger partial charge on any atom is -0.264 e. The number of hydrogen-bond donors (Lipinski definition) is 0. The molecular weight excluding hydrogens is 470 g/mol. The summed E-state index contributed by atoms with van der Waals surface area (Å²) in [5.41, 5.74) is 7.16. The van der Waals surface area contributed by atoms with Crippen LogP contribution in [0, 0.1) is 0 Å². The summed E-state index contributed by atoms with van der Waals surface area (Å²) in [5, 5.41) is 2.55. The molecule has 0 aliphatic heterocycles. The lowest BCUT2D eigenvalue weighted by Gasteiger charge is -2.11. The second kappa shape index (κ2) is 9.08. The molecule has 0 spiro atoms. The van der Waals surface area contributed by atoms with Gasteiger partial charge in [-0.15, -0.1) is 11.3 Å². The number of nitrogens with zero attached hydrogens (tertiary/aromatic N) is 3. The van der Waals surface area contributed by atoms with Crippen molar-refractivity contribution in [1.82, 2.24) is 15.0 Å². The molecule has 7 aromatic rings. The standard InChI is InChI=1S/C33H21N3S/c1-2-9-22(10-3-1)29-20-30(28-16-7-15-27-26-14-4-5-17-31(26)37-32(27)28)36-33(35-29)24-12-6-11-23(19-24)25-13-8-18-34-21-25/h1-21H. The number of aromatic nitrogens is 3. The van der Waals surface area contributed by atoms with Gasteiger partial charge < -0.3 is 0 Å². The Hall–Kier alpha value is -4.67. The predicted molar refractivity (Wildman–Crippen MR) is 154 cm³/mol. The molecule has 0 saturated carbocycles. The molecule has 0 radical (unpaired) electrons. The lowest BCUT2D eigenvalue weighted by molar-refractivity contribution is 1.19. The monoisotopic (exact) mass is 491 g/mol. The van der Waals surface area contributed by atoms with Crippen LogP contribution in [0.2, 0.25) is 0 Å². The third-order valence-electron chi connectivity index (χ3n) is 6.59. The normalized spacial score (nSPS) is 11.2. The van der Waals surface area contributed by atoms with Crippen LogP contribution in [0.1, 0.15) is 0 Å². The van der Waals surface area contributed by atoms with Crippen molar-refractivity contribution >= 4 is 31.5 Å². The summed E-state index contributed by atoms with van der Waals surface area (Å²) in [6, 6.07) is 39.9. The Bertz CT molecular complexity index is 1880. The summed E-state index contributed by atoms with van der Waals surface area (Å²) >= 11 is 1.82. The summed E-state index contributed by atoms with van der Waals surface area (Å²) in [7, 11) is 0. The molecule has 0 aliphatic rings. The van der Waals surface area contributed by atoms with Crippen molar-refractivity contribution in [1.29, 1.82) is 0 Å². The van der Waals surface area contributed by atoms with Crippen molar-refractivity contribution in [2.75, 3.05) is 0 Å². The van der Waals surface area contributed by atoms with E-state index in [1.807, 2.05) is 41.8 Å². The van der Waals surface area contributed by atoms with Crippen molar-refractivity contribution in [3.8, 4) is 45.0 Å². The maximum absolute atomic E-state index is 5.13. The second-order valence-corrected chi connectivity index (χ2v) is 9.98. The summed E-state index contributed by atoms with van der Waals surface area (Å²) in [5.74, 6) is 0.709. The van der Waals surface area contributed by atoms with Gasteiger partial charge in [-0.05, 0) is 29.8 Å². The molecule has 3 nitrogen and oxygen atoms in total. The molecule has 0 fully saturated rings. The quantitative estimate of drug-likeness (QED) is 0.247. The van der Waals surface area contributed by atoms with Crippen LogP contribution in [0.4, 0.5) is 0 Å². The highest BCUT2D eigenvalue weighted by molar-refractivity contribution is 7.26. The molecule has 3 aromatic heterocycles. The Morgan fingerprint density at radius 1 is 0.514 bits per heavy atom. The number of pyridine rings is 1. The molecule has 3 heterocycles. The molecule has 0 amide bonds. The number of rotatable bonds is 4.